The van der Waals surface area contributed by atoms with E-state index < -0.39 is 36.9 Å². The topological polar surface area (TPSA) is 101 Å². The van der Waals surface area contributed by atoms with E-state index in [2.05, 4.69) is 4.74 Å². The fourth-order valence-corrected chi connectivity index (χ4v) is 0.646. The summed E-state index contributed by atoms with van der Waals surface area (Å²) in [4.78, 5) is 30.8. The summed E-state index contributed by atoms with van der Waals surface area (Å²) in [7, 11) is 0. The number of esters is 1. The largest absolute Gasteiger partial charge is 0.481 e. The number of carboxylic acids is 2. The highest BCUT2D eigenvalue weighted by Crippen LogP contribution is 2.04. The zero-order chi connectivity index (χ0) is 10.4. The van der Waals surface area contributed by atoms with Gasteiger partial charge in [0.1, 0.15) is 12.5 Å². The molecule has 0 aliphatic carbocycles. The molecule has 0 saturated carbocycles. The van der Waals surface area contributed by atoms with Crippen LogP contribution in [0.4, 0.5) is 0 Å². The van der Waals surface area contributed by atoms with Crippen molar-refractivity contribution in [3.63, 3.8) is 0 Å². The lowest BCUT2D eigenvalue weighted by Crippen LogP contribution is -2.23. The van der Waals surface area contributed by atoms with Gasteiger partial charge in [0.15, 0.2) is 0 Å². The molecule has 6 heteroatoms. The van der Waals surface area contributed by atoms with Crippen LogP contribution in [0.1, 0.15) is 13.3 Å². The molecule has 0 rings (SSSR count). The summed E-state index contributed by atoms with van der Waals surface area (Å²) < 4.78 is 4.38. The highest BCUT2D eigenvalue weighted by molar-refractivity contribution is 5.78. The molecule has 0 unspecified atom stereocenters. The van der Waals surface area contributed by atoms with Gasteiger partial charge in [-0.15, -0.1) is 0 Å². The molecule has 0 saturated heterocycles. The fourth-order valence-electron chi connectivity index (χ4n) is 0.646. The summed E-state index contributed by atoms with van der Waals surface area (Å²) in [6, 6.07) is 0. The van der Waals surface area contributed by atoms with Crippen molar-refractivity contribution in [3.05, 3.63) is 0 Å². The van der Waals surface area contributed by atoms with Crippen molar-refractivity contribution < 1.29 is 29.3 Å². The molecule has 0 radical (unpaired) electrons. The first-order valence-corrected chi connectivity index (χ1v) is 3.51. The molecule has 1 atom stereocenters. The smallest absolute Gasteiger partial charge is 0.310 e. The highest BCUT2D eigenvalue weighted by Gasteiger charge is 2.22. The van der Waals surface area contributed by atoms with E-state index >= 15 is 0 Å². The van der Waals surface area contributed by atoms with E-state index in [1.807, 2.05) is 0 Å². The quantitative estimate of drug-likeness (QED) is 0.578. The average molecular weight is 190 g/mol. The van der Waals surface area contributed by atoms with Crippen LogP contribution in [0.3, 0.4) is 0 Å². The van der Waals surface area contributed by atoms with E-state index in [-0.39, 0.29) is 0 Å². The maximum atomic E-state index is 10.4. The first-order valence-electron chi connectivity index (χ1n) is 3.51. The van der Waals surface area contributed by atoms with Crippen LogP contribution < -0.4 is 0 Å². The second-order valence-electron chi connectivity index (χ2n) is 2.44. The lowest BCUT2D eigenvalue weighted by Gasteiger charge is -2.08. The molecule has 74 valence electrons. The first-order chi connectivity index (χ1) is 5.93. The number of ether oxygens (including phenoxy) is 1. The number of aliphatic carboxylic acids is 2. The lowest BCUT2D eigenvalue weighted by molar-refractivity contribution is -0.154. The third kappa shape index (κ3) is 5.66. The van der Waals surface area contributed by atoms with Gasteiger partial charge in [0.25, 0.3) is 0 Å². The SMILES string of the molecule is CC(=O)OC[C@H](CC(=O)O)C(=O)O. The van der Waals surface area contributed by atoms with Crippen molar-refractivity contribution in [2.45, 2.75) is 13.3 Å². The monoisotopic (exact) mass is 190 g/mol. The van der Waals surface area contributed by atoms with Gasteiger partial charge in [-0.25, -0.2) is 0 Å². The molecule has 0 aromatic rings. The molecular formula is C7H10O6. The average Bonchev–Trinajstić information content (AvgIpc) is 1.96. The second kappa shape index (κ2) is 5.13. The van der Waals surface area contributed by atoms with Crippen molar-refractivity contribution in [2.75, 3.05) is 6.61 Å². The molecule has 6 nitrogen and oxygen atoms in total. The van der Waals surface area contributed by atoms with Crippen LogP contribution in [0.2, 0.25) is 0 Å². The van der Waals surface area contributed by atoms with E-state index in [0.717, 1.165) is 6.92 Å². The van der Waals surface area contributed by atoms with Crippen LogP contribution in [0.15, 0.2) is 0 Å². The Morgan fingerprint density at radius 3 is 2.15 bits per heavy atom. The molecule has 0 fully saturated rings. The zero-order valence-corrected chi connectivity index (χ0v) is 7.02. The van der Waals surface area contributed by atoms with Gasteiger partial charge in [0, 0.05) is 6.92 Å². The maximum absolute atomic E-state index is 10.4. The number of carboxylic acid groups (broad SMARTS) is 2. The van der Waals surface area contributed by atoms with Gasteiger partial charge >= 0.3 is 17.9 Å². The molecule has 0 aromatic carbocycles. The minimum Gasteiger partial charge on any atom is -0.481 e. The predicted octanol–water partition coefficient (Wildman–Crippen LogP) is -0.275. The minimum absolute atomic E-state index is 0.406. The Morgan fingerprint density at radius 2 is 1.85 bits per heavy atom. The van der Waals surface area contributed by atoms with Gasteiger partial charge in [-0.1, -0.05) is 0 Å². The van der Waals surface area contributed by atoms with E-state index in [4.69, 9.17) is 10.2 Å². The van der Waals surface area contributed by atoms with Crippen LogP contribution in [0.25, 0.3) is 0 Å². The van der Waals surface area contributed by atoms with Crippen molar-refractivity contribution in [2.24, 2.45) is 5.92 Å². The summed E-state index contributed by atoms with van der Waals surface area (Å²) in [5.74, 6) is -4.33. The number of rotatable bonds is 5. The van der Waals surface area contributed by atoms with Crippen molar-refractivity contribution >= 4 is 17.9 Å². The van der Waals surface area contributed by atoms with E-state index in [9.17, 15) is 14.4 Å². The molecule has 0 aliphatic rings. The molecule has 2 N–H and O–H groups in total. The number of hydrogen-bond donors (Lipinski definition) is 2. The van der Waals surface area contributed by atoms with Crippen LogP contribution in [-0.2, 0) is 19.1 Å². The predicted molar refractivity (Wildman–Crippen MR) is 40.0 cm³/mol. The Kier molecular flexibility index (Phi) is 4.50. The van der Waals surface area contributed by atoms with Gasteiger partial charge < -0.3 is 14.9 Å². The van der Waals surface area contributed by atoms with Gasteiger partial charge in [-0.2, -0.15) is 0 Å². The summed E-state index contributed by atoms with van der Waals surface area (Å²) in [5, 5.41) is 16.8. The van der Waals surface area contributed by atoms with Crippen LogP contribution in [0, 0.1) is 5.92 Å². The first kappa shape index (κ1) is 11.4. The molecule has 0 aliphatic heterocycles. The number of carbonyl (C=O) groups is 3. The third-order valence-electron chi connectivity index (χ3n) is 1.26. The Hall–Kier alpha value is -1.59. The highest BCUT2D eigenvalue weighted by atomic mass is 16.5. The van der Waals surface area contributed by atoms with Crippen molar-refractivity contribution in [1.82, 2.24) is 0 Å². The summed E-state index contributed by atoms with van der Waals surface area (Å²) in [6.45, 7) is 0.719. The summed E-state index contributed by atoms with van der Waals surface area (Å²) in [5.41, 5.74) is 0. The Bertz CT molecular complexity index is 221. The van der Waals surface area contributed by atoms with Crippen molar-refractivity contribution in [1.29, 1.82) is 0 Å². The zero-order valence-electron chi connectivity index (χ0n) is 7.02. The van der Waals surface area contributed by atoms with E-state index in [1.54, 1.807) is 0 Å². The molecule has 13 heavy (non-hydrogen) atoms. The van der Waals surface area contributed by atoms with Crippen LogP contribution >= 0.6 is 0 Å². The summed E-state index contributed by atoms with van der Waals surface area (Å²) in [6.07, 6.45) is -0.553. The maximum Gasteiger partial charge on any atom is 0.310 e. The third-order valence-corrected chi connectivity index (χ3v) is 1.26. The van der Waals surface area contributed by atoms with Gasteiger partial charge in [-0.3, -0.25) is 14.4 Å². The Labute approximate surface area is 74.1 Å². The normalized spacial score (nSPS) is 11.8. The molecule has 0 amide bonds. The van der Waals surface area contributed by atoms with Gasteiger partial charge in [0.05, 0.1) is 6.42 Å². The molecular weight excluding hydrogens is 180 g/mol. The fraction of sp³-hybridized carbons (Fsp3) is 0.571. The van der Waals surface area contributed by atoms with Crippen molar-refractivity contribution in [3.8, 4) is 0 Å². The summed E-state index contributed by atoms with van der Waals surface area (Å²) >= 11 is 0. The molecule has 0 aromatic heterocycles. The van der Waals surface area contributed by atoms with Crippen LogP contribution in [-0.4, -0.2) is 34.7 Å². The van der Waals surface area contributed by atoms with Crippen LogP contribution in [0.5, 0.6) is 0 Å². The minimum atomic E-state index is -1.29. The Balaban J connectivity index is 4.02. The standard InChI is InChI=1S/C7H10O6/c1-4(8)13-3-5(7(11)12)2-6(9)10/h5H,2-3H2,1H3,(H,9,10)(H,11,12)/t5-/m0/s1. The number of hydrogen-bond acceptors (Lipinski definition) is 4. The molecule has 0 heterocycles. The lowest BCUT2D eigenvalue weighted by atomic mass is 10.1. The van der Waals surface area contributed by atoms with E-state index in [1.165, 1.54) is 0 Å². The van der Waals surface area contributed by atoms with Gasteiger partial charge in [-0.05, 0) is 0 Å². The van der Waals surface area contributed by atoms with E-state index in [0.29, 0.717) is 0 Å². The Morgan fingerprint density at radius 1 is 1.31 bits per heavy atom. The number of carbonyl (C=O) groups excluding carboxylic acids is 1. The van der Waals surface area contributed by atoms with Gasteiger partial charge in [0.2, 0.25) is 0 Å². The second-order valence-corrected chi connectivity index (χ2v) is 2.44. The molecule has 0 bridgehead atoms. The molecule has 0 spiro atoms.